The number of hydrogen-bond acceptors (Lipinski definition) is 3. The van der Waals surface area contributed by atoms with E-state index in [0.717, 1.165) is 5.75 Å². The van der Waals surface area contributed by atoms with Crippen molar-refractivity contribution in [2.24, 2.45) is 5.92 Å². The van der Waals surface area contributed by atoms with Crippen LogP contribution in [0.1, 0.15) is 38.1 Å². The zero-order valence-electron chi connectivity index (χ0n) is 13.6. The average molecular weight is 306 g/mol. The highest BCUT2D eigenvalue weighted by atomic mass is 32.2. The first-order chi connectivity index (χ1) is 9.95. The summed E-state index contributed by atoms with van der Waals surface area (Å²) in [4.78, 5) is 14.8. The van der Waals surface area contributed by atoms with Gasteiger partial charge in [-0.25, -0.2) is 0 Å². The van der Waals surface area contributed by atoms with Crippen molar-refractivity contribution in [3.05, 3.63) is 35.4 Å². The number of benzene rings is 1. The highest BCUT2D eigenvalue weighted by molar-refractivity contribution is 7.98. The molecule has 3 nitrogen and oxygen atoms in total. The van der Waals surface area contributed by atoms with Gasteiger partial charge < -0.3 is 4.90 Å². The van der Waals surface area contributed by atoms with E-state index in [1.165, 1.54) is 11.1 Å². The number of nitrogens with zero attached hydrogens (tertiary/aromatic N) is 1. The van der Waals surface area contributed by atoms with E-state index in [2.05, 4.69) is 63.5 Å². The summed E-state index contributed by atoms with van der Waals surface area (Å²) in [6, 6.07) is 8.59. The lowest BCUT2D eigenvalue weighted by Crippen LogP contribution is -2.40. The summed E-state index contributed by atoms with van der Waals surface area (Å²) in [6.45, 7) is 8.44. The molecule has 0 bridgehead atoms. The summed E-state index contributed by atoms with van der Waals surface area (Å²) in [5, 5.41) is 3.54. The van der Waals surface area contributed by atoms with Gasteiger partial charge in [0.2, 0.25) is 5.91 Å². The van der Waals surface area contributed by atoms with Crippen LogP contribution in [0.5, 0.6) is 0 Å². The molecule has 3 atom stereocenters. The molecule has 1 fully saturated rings. The van der Waals surface area contributed by atoms with Gasteiger partial charge in [0.1, 0.15) is 6.17 Å². The first-order valence-electron chi connectivity index (χ1n) is 7.59. The standard InChI is InChI=1S/C17H26N2OS/c1-11(2)15-17(20)19(13(4)10-21-5)16(18-15)14-8-6-7-12(3)9-14/h6-9,11,13,15-16,18H,10H2,1-5H3. The fourth-order valence-electron chi connectivity index (χ4n) is 2.98. The van der Waals surface area contributed by atoms with E-state index in [4.69, 9.17) is 0 Å². The zero-order chi connectivity index (χ0) is 15.6. The van der Waals surface area contributed by atoms with E-state index in [0.29, 0.717) is 5.92 Å². The number of carbonyl (C=O) groups excluding carboxylic acids is 1. The second kappa shape index (κ2) is 6.84. The number of thioether (sulfide) groups is 1. The molecule has 0 spiro atoms. The molecule has 0 radical (unpaired) electrons. The third-order valence-electron chi connectivity index (χ3n) is 4.04. The highest BCUT2D eigenvalue weighted by Gasteiger charge is 2.42. The Morgan fingerprint density at radius 2 is 2.05 bits per heavy atom. The van der Waals surface area contributed by atoms with Crippen molar-refractivity contribution in [3.8, 4) is 0 Å². The Morgan fingerprint density at radius 3 is 2.62 bits per heavy atom. The molecule has 1 aromatic rings. The molecule has 1 saturated heterocycles. The van der Waals surface area contributed by atoms with Crippen LogP contribution in [0.15, 0.2) is 24.3 Å². The van der Waals surface area contributed by atoms with Crippen molar-refractivity contribution in [3.63, 3.8) is 0 Å². The minimum absolute atomic E-state index is 0.00745. The van der Waals surface area contributed by atoms with Gasteiger partial charge in [0.25, 0.3) is 0 Å². The molecule has 1 amide bonds. The summed E-state index contributed by atoms with van der Waals surface area (Å²) in [5.74, 6) is 1.50. The fraction of sp³-hybridized carbons (Fsp3) is 0.588. The summed E-state index contributed by atoms with van der Waals surface area (Å²) in [7, 11) is 0. The van der Waals surface area contributed by atoms with Crippen molar-refractivity contribution in [1.29, 1.82) is 0 Å². The molecule has 0 saturated carbocycles. The zero-order valence-corrected chi connectivity index (χ0v) is 14.4. The van der Waals surface area contributed by atoms with Gasteiger partial charge in [-0.1, -0.05) is 43.7 Å². The predicted molar refractivity (Wildman–Crippen MR) is 90.4 cm³/mol. The van der Waals surface area contributed by atoms with Crippen LogP contribution in [0.4, 0.5) is 0 Å². The normalized spacial score (nSPS) is 23.9. The SMILES string of the molecule is CSCC(C)N1C(=O)C(C(C)C)NC1c1cccc(C)c1. The van der Waals surface area contributed by atoms with E-state index in [9.17, 15) is 4.79 Å². The molecular weight excluding hydrogens is 280 g/mol. The molecule has 1 aliphatic rings. The highest BCUT2D eigenvalue weighted by Crippen LogP contribution is 2.31. The summed E-state index contributed by atoms with van der Waals surface area (Å²) in [6.07, 6.45) is 2.08. The van der Waals surface area contributed by atoms with Crippen LogP contribution < -0.4 is 5.32 Å². The van der Waals surface area contributed by atoms with Gasteiger partial charge in [-0.05, 0) is 31.6 Å². The average Bonchev–Trinajstić information content (AvgIpc) is 2.77. The molecule has 3 unspecified atom stereocenters. The number of hydrogen-bond donors (Lipinski definition) is 1. The topological polar surface area (TPSA) is 32.3 Å². The van der Waals surface area contributed by atoms with Gasteiger partial charge in [0.15, 0.2) is 0 Å². The Kier molecular flexibility index (Phi) is 5.33. The largest absolute Gasteiger partial charge is 0.318 e. The number of aryl methyl sites for hydroxylation is 1. The van der Waals surface area contributed by atoms with Gasteiger partial charge >= 0.3 is 0 Å². The second-order valence-corrected chi connectivity index (χ2v) is 7.17. The number of carbonyl (C=O) groups is 1. The van der Waals surface area contributed by atoms with Crippen LogP contribution in [-0.2, 0) is 4.79 Å². The van der Waals surface area contributed by atoms with Gasteiger partial charge in [-0.15, -0.1) is 0 Å². The van der Waals surface area contributed by atoms with Gasteiger partial charge in [-0.3, -0.25) is 10.1 Å². The van der Waals surface area contributed by atoms with E-state index in [1.54, 1.807) is 11.8 Å². The lowest BCUT2D eigenvalue weighted by Gasteiger charge is -2.30. The quantitative estimate of drug-likeness (QED) is 0.906. The van der Waals surface area contributed by atoms with Gasteiger partial charge in [0.05, 0.1) is 6.04 Å². The summed E-state index contributed by atoms with van der Waals surface area (Å²) >= 11 is 1.79. The Bertz CT molecular complexity index is 503. The molecular formula is C17H26N2OS. The maximum Gasteiger partial charge on any atom is 0.241 e. The Balaban J connectivity index is 2.34. The van der Waals surface area contributed by atoms with Crippen molar-refractivity contribution in [2.75, 3.05) is 12.0 Å². The van der Waals surface area contributed by atoms with E-state index in [1.807, 2.05) is 4.90 Å². The monoisotopic (exact) mass is 306 g/mol. The maximum atomic E-state index is 12.8. The first-order valence-corrected chi connectivity index (χ1v) is 8.98. The van der Waals surface area contributed by atoms with Gasteiger partial charge in [-0.2, -0.15) is 11.8 Å². The van der Waals surface area contributed by atoms with Gasteiger partial charge in [0, 0.05) is 11.8 Å². The van der Waals surface area contributed by atoms with Crippen molar-refractivity contribution in [1.82, 2.24) is 10.2 Å². The van der Waals surface area contributed by atoms with Crippen LogP contribution >= 0.6 is 11.8 Å². The Labute approximate surface area is 132 Å². The Morgan fingerprint density at radius 1 is 1.33 bits per heavy atom. The predicted octanol–water partition coefficient (Wildman–Crippen LogP) is 3.20. The first kappa shape index (κ1) is 16.4. The third kappa shape index (κ3) is 3.43. The van der Waals surface area contributed by atoms with Crippen molar-refractivity contribution in [2.45, 2.75) is 45.9 Å². The molecule has 1 N–H and O–H groups in total. The lowest BCUT2D eigenvalue weighted by molar-refractivity contribution is -0.132. The second-order valence-electron chi connectivity index (χ2n) is 6.25. The molecule has 1 aliphatic heterocycles. The molecule has 0 aromatic heterocycles. The maximum absolute atomic E-state index is 12.8. The van der Waals surface area contributed by atoms with Crippen LogP contribution in [0.2, 0.25) is 0 Å². The Hall–Kier alpha value is -1.00. The molecule has 1 heterocycles. The molecule has 116 valence electrons. The van der Waals surface area contributed by atoms with E-state index >= 15 is 0 Å². The minimum Gasteiger partial charge on any atom is -0.318 e. The van der Waals surface area contributed by atoms with E-state index < -0.39 is 0 Å². The van der Waals surface area contributed by atoms with Crippen molar-refractivity contribution >= 4 is 17.7 Å². The number of amides is 1. The summed E-state index contributed by atoms with van der Waals surface area (Å²) < 4.78 is 0. The van der Waals surface area contributed by atoms with Crippen LogP contribution in [0.25, 0.3) is 0 Å². The molecule has 1 aromatic carbocycles. The third-order valence-corrected chi connectivity index (χ3v) is 4.86. The summed E-state index contributed by atoms with van der Waals surface area (Å²) in [5.41, 5.74) is 2.41. The van der Waals surface area contributed by atoms with Crippen LogP contribution in [0, 0.1) is 12.8 Å². The molecule has 4 heteroatoms. The van der Waals surface area contributed by atoms with Crippen LogP contribution in [0.3, 0.4) is 0 Å². The molecule has 21 heavy (non-hydrogen) atoms. The lowest BCUT2D eigenvalue weighted by atomic mass is 10.0. The molecule has 0 aliphatic carbocycles. The number of nitrogens with one attached hydrogen (secondary N) is 1. The smallest absolute Gasteiger partial charge is 0.241 e. The number of rotatable bonds is 5. The van der Waals surface area contributed by atoms with Crippen molar-refractivity contribution < 1.29 is 4.79 Å². The fourth-order valence-corrected chi connectivity index (χ4v) is 3.62. The van der Waals surface area contributed by atoms with E-state index in [-0.39, 0.29) is 24.2 Å². The van der Waals surface area contributed by atoms with Crippen LogP contribution in [-0.4, -0.2) is 34.9 Å². The minimum atomic E-state index is -0.0835. The molecule has 2 rings (SSSR count).